The Morgan fingerprint density at radius 2 is 1.63 bits per heavy atom. The lowest BCUT2D eigenvalue weighted by Crippen LogP contribution is -2.26. The average Bonchev–Trinajstić information content (AvgIpc) is 3.50. The number of carbonyl (C=O) groups is 3. The van der Waals surface area contributed by atoms with Crippen molar-refractivity contribution in [2.45, 2.75) is 31.7 Å². The van der Waals surface area contributed by atoms with Gasteiger partial charge in [0.25, 0.3) is 11.8 Å². The molecule has 140 valence electrons. The summed E-state index contributed by atoms with van der Waals surface area (Å²) in [6, 6.07) is 16.2. The third kappa shape index (κ3) is 5.95. The van der Waals surface area contributed by atoms with Crippen LogP contribution in [-0.4, -0.2) is 30.3 Å². The molecule has 2 aromatic carbocycles. The maximum atomic E-state index is 12.1. The molecular formula is C21H23N3O3. The number of benzene rings is 2. The molecule has 3 rings (SSSR count). The maximum Gasteiger partial charge on any atom is 0.251 e. The molecule has 1 aliphatic rings. The van der Waals surface area contributed by atoms with Gasteiger partial charge in [0, 0.05) is 35.8 Å². The summed E-state index contributed by atoms with van der Waals surface area (Å²) >= 11 is 0. The lowest BCUT2D eigenvalue weighted by Gasteiger charge is -2.08. The molecule has 0 radical (unpaired) electrons. The predicted molar refractivity (Wildman–Crippen MR) is 104 cm³/mol. The normalized spacial score (nSPS) is 12.9. The van der Waals surface area contributed by atoms with Crippen LogP contribution in [0.25, 0.3) is 0 Å². The number of hydrogen-bond acceptors (Lipinski definition) is 3. The number of anilines is 1. The van der Waals surface area contributed by atoms with E-state index in [1.807, 2.05) is 6.07 Å². The average molecular weight is 365 g/mol. The van der Waals surface area contributed by atoms with Crippen molar-refractivity contribution >= 4 is 23.4 Å². The van der Waals surface area contributed by atoms with Crippen LogP contribution in [0, 0.1) is 0 Å². The summed E-state index contributed by atoms with van der Waals surface area (Å²) in [4.78, 5) is 36.0. The molecule has 0 saturated heterocycles. The van der Waals surface area contributed by atoms with Gasteiger partial charge in [0.05, 0.1) is 0 Å². The van der Waals surface area contributed by atoms with Gasteiger partial charge in [-0.25, -0.2) is 0 Å². The Balaban J connectivity index is 1.40. The fraction of sp³-hybridized carbons (Fsp3) is 0.286. The topological polar surface area (TPSA) is 87.3 Å². The highest BCUT2D eigenvalue weighted by Crippen LogP contribution is 2.20. The van der Waals surface area contributed by atoms with Crippen molar-refractivity contribution in [3.05, 3.63) is 65.7 Å². The first-order valence-electron chi connectivity index (χ1n) is 9.16. The number of rotatable bonds is 8. The van der Waals surface area contributed by atoms with Gasteiger partial charge in [-0.3, -0.25) is 14.4 Å². The molecule has 0 unspecified atom stereocenters. The van der Waals surface area contributed by atoms with Crippen LogP contribution in [0.4, 0.5) is 5.69 Å². The van der Waals surface area contributed by atoms with Crippen LogP contribution in [0.15, 0.2) is 54.6 Å². The van der Waals surface area contributed by atoms with Crippen molar-refractivity contribution in [1.82, 2.24) is 10.6 Å². The SMILES string of the molecule is O=C(CCCNC(=O)c1ccccc1)Nc1cccc(C(=O)NC2CC2)c1. The van der Waals surface area contributed by atoms with Crippen molar-refractivity contribution in [2.24, 2.45) is 0 Å². The monoisotopic (exact) mass is 365 g/mol. The van der Waals surface area contributed by atoms with Crippen LogP contribution in [0.5, 0.6) is 0 Å². The smallest absolute Gasteiger partial charge is 0.251 e. The van der Waals surface area contributed by atoms with Crippen molar-refractivity contribution in [3.8, 4) is 0 Å². The highest BCUT2D eigenvalue weighted by atomic mass is 16.2. The summed E-state index contributed by atoms with van der Waals surface area (Å²) in [6.07, 6.45) is 2.88. The standard InChI is InChI=1S/C21H23N3O3/c25-19(10-5-13-22-20(26)15-6-2-1-3-7-15)23-18-9-4-8-16(14-18)21(27)24-17-11-12-17/h1-4,6-9,14,17H,5,10-13H2,(H,22,26)(H,23,25)(H,24,27). The van der Waals surface area contributed by atoms with Crippen LogP contribution in [0.2, 0.25) is 0 Å². The minimum Gasteiger partial charge on any atom is -0.352 e. The summed E-state index contributed by atoms with van der Waals surface area (Å²) in [5, 5.41) is 8.51. The Kier molecular flexibility index (Phi) is 6.20. The second-order valence-electron chi connectivity index (χ2n) is 6.60. The van der Waals surface area contributed by atoms with Crippen molar-refractivity contribution in [3.63, 3.8) is 0 Å². The maximum absolute atomic E-state index is 12.1. The fourth-order valence-electron chi connectivity index (χ4n) is 2.60. The van der Waals surface area contributed by atoms with E-state index in [9.17, 15) is 14.4 Å². The zero-order valence-electron chi connectivity index (χ0n) is 15.0. The van der Waals surface area contributed by atoms with Crippen molar-refractivity contribution < 1.29 is 14.4 Å². The third-order valence-electron chi connectivity index (χ3n) is 4.22. The van der Waals surface area contributed by atoms with E-state index in [4.69, 9.17) is 0 Å². The van der Waals surface area contributed by atoms with Gasteiger partial charge in [-0.05, 0) is 49.6 Å². The van der Waals surface area contributed by atoms with Crippen LogP contribution < -0.4 is 16.0 Å². The van der Waals surface area contributed by atoms with Crippen molar-refractivity contribution in [1.29, 1.82) is 0 Å². The summed E-state index contributed by atoms with van der Waals surface area (Å²) in [5.74, 6) is -0.411. The molecule has 1 saturated carbocycles. The number of carbonyl (C=O) groups excluding carboxylic acids is 3. The van der Waals surface area contributed by atoms with Crippen LogP contribution in [0.3, 0.4) is 0 Å². The second-order valence-corrected chi connectivity index (χ2v) is 6.60. The molecule has 0 aromatic heterocycles. The molecule has 3 amide bonds. The predicted octanol–water partition coefficient (Wildman–Crippen LogP) is 2.73. The van der Waals surface area contributed by atoms with Crippen LogP contribution in [-0.2, 0) is 4.79 Å². The Morgan fingerprint density at radius 3 is 2.37 bits per heavy atom. The fourth-order valence-corrected chi connectivity index (χ4v) is 2.60. The molecule has 0 aliphatic heterocycles. The van der Waals surface area contributed by atoms with E-state index < -0.39 is 0 Å². The lowest BCUT2D eigenvalue weighted by atomic mass is 10.1. The first-order chi connectivity index (χ1) is 13.1. The molecule has 0 heterocycles. The zero-order valence-corrected chi connectivity index (χ0v) is 15.0. The minimum atomic E-state index is -0.149. The van der Waals surface area contributed by atoms with E-state index in [1.165, 1.54) is 0 Å². The van der Waals surface area contributed by atoms with E-state index in [0.29, 0.717) is 35.8 Å². The molecule has 6 heteroatoms. The molecule has 1 aliphatic carbocycles. The quantitative estimate of drug-likeness (QED) is 0.629. The molecule has 3 N–H and O–H groups in total. The van der Waals surface area contributed by atoms with Gasteiger partial charge in [-0.1, -0.05) is 24.3 Å². The molecule has 1 fully saturated rings. The molecule has 0 bridgehead atoms. The number of nitrogens with one attached hydrogen (secondary N) is 3. The molecule has 6 nitrogen and oxygen atoms in total. The summed E-state index contributed by atoms with van der Waals surface area (Å²) in [5.41, 5.74) is 1.73. The van der Waals surface area contributed by atoms with E-state index in [0.717, 1.165) is 12.8 Å². The highest BCUT2D eigenvalue weighted by Gasteiger charge is 2.23. The summed E-state index contributed by atoms with van der Waals surface area (Å²) in [6.45, 7) is 0.422. The van der Waals surface area contributed by atoms with Crippen LogP contribution >= 0.6 is 0 Å². The van der Waals surface area contributed by atoms with E-state index in [2.05, 4.69) is 16.0 Å². The Hall–Kier alpha value is -3.15. The molecule has 27 heavy (non-hydrogen) atoms. The van der Waals surface area contributed by atoms with E-state index >= 15 is 0 Å². The Bertz CT molecular complexity index is 816. The van der Waals surface area contributed by atoms with Crippen LogP contribution in [0.1, 0.15) is 46.4 Å². The molecular weight excluding hydrogens is 342 g/mol. The lowest BCUT2D eigenvalue weighted by molar-refractivity contribution is -0.116. The van der Waals surface area contributed by atoms with E-state index in [-0.39, 0.29) is 24.1 Å². The van der Waals surface area contributed by atoms with Gasteiger partial charge < -0.3 is 16.0 Å². The Morgan fingerprint density at radius 1 is 0.889 bits per heavy atom. The molecule has 0 atom stereocenters. The highest BCUT2D eigenvalue weighted by molar-refractivity contribution is 5.97. The largest absolute Gasteiger partial charge is 0.352 e. The number of amides is 3. The summed E-state index contributed by atoms with van der Waals surface area (Å²) in [7, 11) is 0. The number of hydrogen-bond donors (Lipinski definition) is 3. The van der Waals surface area contributed by atoms with Gasteiger partial charge in [-0.15, -0.1) is 0 Å². The molecule has 0 spiro atoms. The molecule has 2 aromatic rings. The summed E-state index contributed by atoms with van der Waals surface area (Å²) < 4.78 is 0. The van der Waals surface area contributed by atoms with E-state index in [1.54, 1.807) is 48.5 Å². The van der Waals surface area contributed by atoms with Gasteiger partial charge in [-0.2, -0.15) is 0 Å². The first kappa shape index (κ1) is 18.6. The first-order valence-corrected chi connectivity index (χ1v) is 9.16. The van der Waals surface area contributed by atoms with Crippen molar-refractivity contribution in [2.75, 3.05) is 11.9 Å². The minimum absolute atomic E-state index is 0.114. The zero-order chi connectivity index (χ0) is 19.1. The third-order valence-corrected chi connectivity index (χ3v) is 4.22. The van der Waals surface area contributed by atoms with Gasteiger partial charge in [0.15, 0.2) is 0 Å². The van der Waals surface area contributed by atoms with Gasteiger partial charge >= 0.3 is 0 Å². The van der Waals surface area contributed by atoms with Gasteiger partial charge in [0.1, 0.15) is 0 Å². The second kappa shape index (κ2) is 8.98. The van der Waals surface area contributed by atoms with Gasteiger partial charge in [0.2, 0.25) is 5.91 Å². The Labute approximate surface area is 158 Å².